The number of hydrogen-bond acceptors (Lipinski definition) is 7. The predicted molar refractivity (Wildman–Crippen MR) is 92.1 cm³/mol. The van der Waals surface area contributed by atoms with Gasteiger partial charge in [-0.15, -0.1) is 0 Å². The van der Waals surface area contributed by atoms with Gasteiger partial charge in [0.15, 0.2) is 12.1 Å². The van der Waals surface area contributed by atoms with E-state index in [1.165, 1.54) is 6.92 Å². The lowest BCUT2D eigenvalue weighted by molar-refractivity contribution is -0.235. The van der Waals surface area contributed by atoms with E-state index >= 15 is 0 Å². The van der Waals surface area contributed by atoms with Crippen molar-refractivity contribution >= 4 is 5.97 Å². The normalized spacial score (nSPS) is 37.0. The van der Waals surface area contributed by atoms with Gasteiger partial charge in [0, 0.05) is 6.92 Å². The van der Waals surface area contributed by atoms with E-state index in [1.54, 1.807) is 0 Å². The van der Waals surface area contributed by atoms with Gasteiger partial charge in [0.2, 0.25) is 0 Å². The van der Waals surface area contributed by atoms with Crippen LogP contribution in [0.4, 0.5) is 0 Å². The van der Waals surface area contributed by atoms with Crippen LogP contribution in [0.2, 0.25) is 0 Å². The van der Waals surface area contributed by atoms with Gasteiger partial charge in [-0.1, -0.05) is 24.3 Å². The van der Waals surface area contributed by atoms with Crippen LogP contribution in [0.3, 0.4) is 0 Å². The third kappa shape index (κ3) is 3.46. The van der Waals surface area contributed by atoms with Crippen molar-refractivity contribution in [3.8, 4) is 6.07 Å². The third-order valence-corrected chi connectivity index (χ3v) is 5.20. The van der Waals surface area contributed by atoms with Gasteiger partial charge >= 0.3 is 5.97 Å². The van der Waals surface area contributed by atoms with Gasteiger partial charge in [-0.3, -0.25) is 4.79 Å². The Labute approximate surface area is 158 Å². The van der Waals surface area contributed by atoms with Crippen molar-refractivity contribution < 1.29 is 28.5 Å². The second-order valence-corrected chi connectivity index (χ2v) is 7.63. The van der Waals surface area contributed by atoms with Gasteiger partial charge in [0.05, 0.1) is 18.6 Å². The minimum atomic E-state index is -0.786. The summed E-state index contributed by atoms with van der Waals surface area (Å²) in [5.74, 6) is -1.82. The summed E-state index contributed by atoms with van der Waals surface area (Å²) in [4.78, 5) is 11.8. The topological polar surface area (TPSA) is 87.0 Å². The molecule has 0 aromatic heterocycles. The molecule has 3 heterocycles. The number of nitriles is 1. The molecule has 0 bridgehead atoms. The third-order valence-electron chi connectivity index (χ3n) is 5.20. The number of carbonyl (C=O) groups excluding carboxylic acids is 1. The summed E-state index contributed by atoms with van der Waals surface area (Å²) in [5.41, 5.74) is 2.00. The number of benzene rings is 1. The van der Waals surface area contributed by atoms with Crippen LogP contribution in [0.25, 0.3) is 0 Å². The van der Waals surface area contributed by atoms with Crippen LogP contribution in [0.5, 0.6) is 0 Å². The molecule has 0 unspecified atom stereocenters. The highest BCUT2D eigenvalue weighted by Crippen LogP contribution is 2.42. The number of esters is 1. The molecule has 1 aromatic carbocycles. The number of ether oxygens (including phenoxy) is 5. The first-order chi connectivity index (χ1) is 12.9. The Morgan fingerprint density at radius 1 is 1.19 bits per heavy atom. The molecule has 0 saturated carbocycles. The van der Waals surface area contributed by atoms with E-state index in [0.29, 0.717) is 13.0 Å². The highest BCUT2D eigenvalue weighted by atomic mass is 16.8. The molecular formula is C20H23NO6. The second kappa shape index (κ2) is 6.88. The highest BCUT2D eigenvalue weighted by Gasteiger charge is 2.59. The van der Waals surface area contributed by atoms with Gasteiger partial charge < -0.3 is 23.7 Å². The first-order valence-corrected chi connectivity index (χ1v) is 9.14. The van der Waals surface area contributed by atoms with E-state index in [0.717, 1.165) is 11.1 Å². The van der Waals surface area contributed by atoms with Gasteiger partial charge in [-0.25, -0.2) is 0 Å². The summed E-state index contributed by atoms with van der Waals surface area (Å²) < 4.78 is 29.6. The van der Waals surface area contributed by atoms with Crippen molar-refractivity contribution in [2.24, 2.45) is 5.92 Å². The Kier molecular flexibility index (Phi) is 4.68. The maximum Gasteiger partial charge on any atom is 0.303 e. The molecule has 0 aliphatic carbocycles. The number of rotatable bonds is 1. The summed E-state index contributed by atoms with van der Waals surface area (Å²) in [6, 6.07) is 10.1. The number of carbonyl (C=O) groups is 1. The van der Waals surface area contributed by atoms with Crippen molar-refractivity contribution in [3.05, 3.63) is 35.4 Å². The Hall–Kier alpha value is -1.98. The van der Waals surface area contributed by atoms with Crippen molar-refractivity contribution in [1.29, 1.82) is 5.26 Å². The summed E-state index contributed by atoms with van der Waals surface area (Å²) >= 11 is 0. The first kappa shape index (κ1) is 18.4. The molecule has 27 heavy (non-hydrogen) atoms. The molecule has 0 spiro atoms. The lowest BCUT2D eigenvalue weighted by Gasteiger charge is -2.31. The average Bonchev–Trinajstić information content (AvgIpc) is 3.09. The van der Waals surface area contributed by atoms with Crippen LogP contribution in [-0.2, 0) is 41.5 Å². The lowest BCUT2D eigenvalue weighted by atomic mass is 9.89. The van der Waals surface area contributed by atoms with Gasteiger partial charge in [-0.2, -0.15) is 5.26 Å². The maximum absolute atomic E-state index is 11.8. The summed E-state index contributed by atoms with van der Waals surface area (Å²) in [5, 5.41) is 9.81. The molecule has 4 rings (SSSR count). The monoisotopic (exact) mass is 373 g/mol. The molecule has 0 amide bonds. The van der Waals surface area contributed by atoms with E-state index in [9.17, 15) is 10.1 Å². The standard InChI is InChI=1S/C20H23NO6/c1-11(22)24-15-14(9-21)8-12-6-4-5-7-13(12)10-23-16-17(15)25-19-18(16)26-20(2,3)27-19/h4-7,14-19H,8,10H2,1-3H3/t14-,15-,16-,17+,18+,19+/m0/s1. The fraction of sp³-hybridized carbons (Fsp3) is 0.600. The molecule has 2 fully saturated rings. The SMILES string of the molecule is CC(=O)O[C@@H]1[C@H]2O[C@@H]3OC(C)(C)O[C@@H]3[C@H]2OCc2ccccc2C[C@H]1C#N. The molecule has 7 nitrogen and oxygen atoms in total. The van der Waals surface area contributed by atoms with Crippen LogP contribution in [0.1, 0.15) is 31.9 Å². The lowest BCUT2D eigenvalue weighted by Crippen LogP contribution is -2.47. The van der Waals surface area contributed by atoms with Crippen LogP contribution in [0, 0.1) is 17.2 Å². The van der Waals surface area contributed by atoms with Crippen molar-refractivity contribution in [2.45, 2.75) is 70.3 Å². The Bertz CT molecular complexity index is 772. The zero-order valence-electron chi connectivity index (χ0n) is 15.6. The molecule has 7 heteroatoms. The van der Waals surface area contributed by atoms with Crippen LogP contribution < -0.4 is 0 Å². The summed E-state index contributed by atoms with van der Waals surface area (Å²) in [7, 11) is 0. The minimum absolute atomic E-state index is 0.360. The number of hydrogen-bond donors (Lipinski definition) is 0. The van der Waals surface area contributed by atoms with Gasteiger partial charge in [0.1, 0.15) is 24.4 Å². The molecule has 1 aromatic rings. The van der Waals surface area contributed by atoms with E-state index in [2.05, 4.69) is 6.07 Å². The van der Waals surface area contributed by atoms with Gasteiger partial charge in [0.25, 0.3) is 0 Å². The molecule has 6 atom stereocenters. The first-order valence-electron chi connectivity index (χ1n) is 9.14. The summed E-state index contributed by atoms with van der Waals surface area (Å²) in [6.45, 7) is 5.32. The van der Waals surface area contributed by atoms with E-state index in [4.69, 9.17) is 23.7 Å². The largest absolute Gasteiger partial charge is 0.458 e. The van der Waals surface area contributed by atoms with E-state index in [-0.39, 0.29) is 0 Å². The molecular weight excluding hydrogens is 350 g/mol. The minimum Gasteiger partial charge on any atom is -0.458 e. The number of fused-ring (bicyclic) bond motifs is 4. The Balaban J connectivity index is 1.72. The van der Waals surface area contributed by atoms with Crippen LogP contribution in [0.15, 0.2) is 24.3 Å². The zero-order valence-corrected chi connectivity index (χ0v) is 15.6. The second-order valence-electron chi connectivity index (χ2n) is 7.63. The van der Waals surface area contributed by atoms with Crippen molar-refractivity contribution in [2.75, 3.05) is 0 Å². The summed E-state index contributed by atoms with van der Waals surface area (Å²) in [6.07, 6.45) is -2.55. The quantitative estimate of drug-likeness (QED) is 0.697. The highest BCUT2D eigenvalue weighted by molar-refractivity contribution is 5.66. The van der Waals surface area contributed by atoms with Crippen LogP contribution >= 0.6 is 0 Å². The van der Waals surface area contributed by atoms with Gasteiger partial charge in [-0.05, 0) is 31.4 Å². The Morgan fingerprint density at radius 2 is 1.93 bits per heavy atom. The maximum atomic E-state index is 11.8. The molecule has 3 aliphatic heterocycles. The number of nitrogens with zero attached hydrogens (tertiary/aromatic N) is 1. The van der Waals surface area contributed by atoms with E-state index in [1.807, 2.05) is 38.1 Å². The predicted octanol–water partition coefficient (Wildman–Crippen LogP) is 2.08. The van der Waals surface area contributed by atoms with Crippen molar-refractivity contribution in [1.82, 2.24) is 0 Å². The fourth-order valence-corrected chi connectivity index (χ4v) is 4.08. The Morgan fingerprint density at radius 3 is 2.63 bits per heavy atom. The molecule has 3 aliphatic rings. The molecule has 2 saturated heterocycles. The zero-order chi connectivity index (χ0) is 19.2. The smallest absolute Gasteiger partial charge is 0.303 e. The van der Waals surface area contributed by atoms with Crippen LogP contribution in [-0.4, -0.2) is 42.5 Å². The molecule has 144 valence electrons. The molecule has 0 N–H and O–H groups in total. The fourth-order valence-electron chi connectivity index (χ4n) is 4.08. The van der Waals surface area contributed by atoms with Crippen molar-refractivity contribution in [3.63, 3.8) is 0 Å². The average molecular weight is 373 g/mol. The van der Waals surface area contributed by atoms with E-state index < -0.39 is 48.4 Å². The molecule has 0 radical (unpaired) electrons.